The summed E-state index contributed by atoms with van der Waals surface area (Å²) in [7, 11) is 0. The Balaban J connectivity index is 1.58. The van der Waals surface area contributed by atoms with Crippen molar-refractivity contribution in [1.29, 1.82) is 0 Å². The van der Waals surface area contributed by atoms with Gasteiger partial charge in [-0.1, -0.05) is 35.1 Å². The fourth-order valence-corrected chi connectivity index (χ4v) is 4.61. The molecule has 2 heterocycles. The number of aromatic nitrogens is 2. The third-order valence-corrected chi connectivity index (χ3v) is 6.63. The summed E-state index contributed by atoms with van der Waals surface area (Å²) < 4.78 is 45.5. The van der Waals surface area contributed by atoms with Crippen molar-refractivity contribution in [2.45, 2.75) is 25.6 Å². The van der Waals surface area contributed by atoms with Crippen LogP contribution >= 0.6 is 22.9 Å². The van der Waals surface area contributed by atoms with Crippen molar-refractivity contribution in [3.05, 3.63) is 70.7 Å². The number of carboxylic acid groups (broad SMARTS) is 1. The van der Waals surface area contributed by atoms with Gasteiger partial charge in [0, 0.05) is 12.1 Å². The van der Waals surface area contributed by atoms with Crippen molar-refractivity contribution in [2.24, 2.45) is 0 Å². The maximum atomic E-state index is 13.3. The van der Waals surface area contributed by atoms with Gasteiger partial charge in [-0.25, -0.2) is 9.78 Å². The van der Waals surface area contributed by atoms with Gasteiger partial charge in [0.1, 0.15) is 11.3 Å². The third kappa shape index (κ3) is 7.27. The van der Waals surface area contributed by atoms with Crippen LogP contribution in [0.5, 0.6) is 11.6 Å². The van der Waals surface area contributed by atoms with Crippen LogP contribution in [0.2, 0.25) is 5.02 Å². The number of carbonyl (C=O) groups excluding carboxylic acids is 1. The molecule has 0 aliphatic heterocycles. The summed E-state index contributed by atoms with van der Waals surface area (Å²) >= 11 is 6.75. The number of aliphatic carboxylic acids is 1. The van der Waals surface area contributed by atoms with Crippen LogP contribution < -0.4 is 15.0 Å². The smallest absolute Gasteiger partial charge is 0.417 e. The molecule has 0 saturated heterocycles. The number of ether oxygens (including phenoxy) is 1. The van der Waals surface area contributed by atoms with Gasteiger partial charge in [0.2, 0.25) is 0 Å². The minimum Gasteiger partial charge on any atom is -0.579 e. The predicted octanol–water partition coefficient (Wildman–Crippen LogP) is 6.28. The number of fused-ring (bicyclic) bond motifs is 1. The van der Waals surface area contributed by atoms with Gasteiger partial charge in [-0.2, -0.15) is 18.2 Å². The van der Waals surface area contributed by atoms with Crippen molar-refractivity contribution in [3.8, 4) is 11.6 Å². The van der Waals surface area contributed by atoms with Crippen LogP contribution in [0.15, 0.2) is 54.6 Å². The SMILES string of the molecule is O=C(O)CCCOc1ccc(CN(C(=O)Nc2ccc(Cl)c(C(F)(F)F)c2)c2nc3ccc([OH2+])nc3s2)cc1. The van der Waals surface area contributed by atoms with E-state index in [1.54, 1.807) is 30.3 Å². The van der Waals surface area contributed by atoms with Crippen LogP contribution in [0.25, 0.3) is 10.3 Å². The Morgan fingerprint density at radius 2 is 1.85 bits per heavy atom. The number of benzene rings is 2. The summed E-state index contributed by atoms with van der Waals surface area (Å²) in [6.07, 6.45) is -4.38. The minimum atomic E-state index is -4.71. The maximum Gasteiger partial charge on any atom is 0.417 e. The van der Waals surface area contributed by atoms with Crippen molar-refractivity contribution >= 4 is 56.1 Å². The van der Waals surface area contributed by atoms with Gasteiger partial charge < -0.3 is 20.3 Å². The number of urea groups is 1. The number of nitrogens with zero attached hydrogens (tertiary/aromatic N) is 3. The molecule has 0 unspecified atom stereocenters. The molecule has 14 heteroatoms. The summed E-state index contributed by atoms with van der Waals surface area (Å²) in [6, 6.07) is 12.1. The minimum absolute atomic E-state index is 0.00159. The number of halogens is 4. The third-order valence-electron chi connectivity index (χ3n) is 5.31. The van der Waals surface area contributed by atoms with Crippen molar-refractivity contribution in [1.82, 2.24) is 9.97 Å². The summed E-state index contributed by atoms with van der Waals surface area (Å²) in [5.41, 5.74) is -0.0811. The molecule has 0 fully saturated rings. The van der Waals surface area contributed by atoms with Gasteiger partial charge in [0.15, 0.2) is 9.96 Å². The highest BCUT2D eigenvalue weighted by atomic mass is 35.5. The molecule has 2 amide bonds. The van der Waals surface area contributed by atoms with Crippen LogP contribution in [0.4, 0.5) is 28.8 Å². The second kappa shape index (κ2) is 11.7. The van der Waals surface area contributed by atoms with E-state index in [-0.39, 0.29) is 36.3 Å². The highest BCUT2D eigenvalue weighted by Gasteiger charge is 2.33. The molecule has 4 N–H and O–H groups in total. The molecule has 0 saturated carbocycles. The predicted molar refractivity (Wildman–Crippen MR) is 141 cm³/mol. The number of nitrogens with one attached hydrogen (secondary N) is 1. The largest absolute Gasteiger partial charge is 0.579 e. The number of hydrogen-bond acceptors (Lipinski definition) is 6. The summed E-state index contributed by atoms with van der Waals surface area (Å²) in [5, 5.41) is 18.6. The Kier molecular flexibility index (Phi) is 8.41. The zero-order valence-corrected chi connectivity index (χ0v) is 21.5. The molecule has 4 aromatic rings. The lowest BCUT2D eigenvalue weighted by atomic mass is 10.2. The van der Waals surface area contributed by atoms with Gasteiger partial charge in [0.25, 0.3) is 0 Å². The molecule has 2 aromatic carbocycles. The Morgan fingerprint density at radius 3 is 2.54 bits per heavy atom. The Hall–Kier alpha value is -4.10. The van der Waals surface area contributed by atoms with Crippen LogP contribution in [-0.2, 0) is 17.5 Å². The zero-order valence-electron chi connectivity index (χ0n) is 20.0. The molecule has 0 spiro atoms. The second-order valence-electron chi connectivity index (χ2n) is 8.22. The van der Waals surface area contributed by atoms with Gasteiger partial charge in [-0.15, -0.1) is 0 Å². The van der Waals surface area contributed by atoms with E-state index in [0.717, 1.165) is 23.5 Å². The molecule has 0 atom stereocenters. The van der Waals surface area contributed by atoms with Gasteiger partial charge >= 0.3 is 24.1 Å². The first-order chi connectivity index (χ1) is 18.5. The number of anilines is 2. The number of pyridine rings is 1. The molecular weight excluding hydrogens is 561 g/mol. The molecule has 39 heavy (non-hydrogen) atoms. The van der Waals surface area contributed by atoms with E-state index in [1.165, 1.54) is 17.0 Å². The Bertz CT molecular complexity index is 1500. The van der Waals surface area contributed by atoms with Crippen molar-refractivity contribution in [2.75, 3.05) is 16.8 Å². The first-order valence-corrected chi connectivity index (χ1v) is 12.6. The standard InChI is InChI=1S/C25H20ClF3N4O5S/c26-18-8-5-15(12-17(18)25(27,28)29)30-23(37)33(24-31-19-9-10-20(34)32-22(19)39-24)13-14-3-6-16(7-4-14)38-11-1-2-21(35)36/h3-10,12H,1-2,11,13H2,(H,30,37)(H,32,34)(H,35,36)/p+1. The molecule has 0 bridgehead atoms. The molecule has 4 rings (SSSR count). The van der Waals surface area contributed by atoms with Crippen LogP contribution in [0, 0.1) is 0 Å². The van der Waals surface area contributed by atoms with Gasteiger partial charge in [-0.05, 0) is 48.4 Å². The quantitative estimate of drug-likeness (QED) is 0.177. The van der Waals surface area contributed by atoms with Crippen molar-refractivity contribution < 1.29 is 37.7 Å². The lowest BCUT2D eigenvalue weighted by Gasteiger charge is -2.21. The Labute approximate surface area is 228 Å². The topological polar surface area (TPSA) is 128 Å². The monoisotopic (exact) mass is 581 g/mol. The van der Waals surface area contributed by atoms with E-state index in [1.807, 2.05) is 0 Å². The number of carboxylic acids is 1. The number of rotatable bonds is 9. The van der Waals surface area contributed by atoms with Crippen molar-refractivity contribution in [3.63, 3.8) is 0 Å². The molecular formula is C25H21ClF3N4O5S+. The van der Waals surface area contributed by atoms with Gasteiger partial charge in [0.05, 0.1) is 29.8 Å². The molecule has 9 nitrogen and oxygen atoms in total. The lowest BCUT2D eigenvalue weighted by Crippen LogP contribution is -2.34. The van der Waals surface area contributed by atoms with E-state index >= 15 is 0 Å². The van der Waals surface area contributed by atoms with E-state index in [0.29, 0.717) is 28.1 Å². The fourth-order valence-electron chi connectivity index (χ4n) is 3.45. The lowest BCUT2D eigenvalue weighted by molar-refractivity contribution is -0.138. The molecule has 0 radical (unpaired) electrons. The van der Waals surface area contributed by atoms with Crippen LogP contribution in [0.1, 0.15) is 24.0 Å². The van der Waals surface area contributed by atoms with E-state index < -0.39 is 28.8 Å². The van der Waals surface area contributed by atoms with E-state index in [4.69, 9.17) is 26.6 Å². The van der Waals surface area contributed by atoms with Crippen LogP contribution in [0.3, 0.4) is 0 Å². The average Bonchev–Trinajstić information content (AvgIpc) is 3.29. The number of amides is 2. The zero-order chi connectivity index (χ0) is 28.2. The van der Waals surface area contributed by atoms with E-state index in [2.05, 4.69) is 15.3 Å². The summed E-state index contributed by atoms with van der Waals surface area (Å²) in [4.78, 5) is 34.2. The number of thiazole rings is 1. The fraction of sp³-hybridized carbons (Fsp3) is 0.200. The summed E-state index contributed by atoms with van der Waals surface area (Å²) in [5.74, 6) is -0.383. The van der Waals surface area contributed by atoms with Gasteiger partial charge in [-0.3, -0.25) is 9.69 Å². The molecule has 204 valence electrons. The van der Waals surface area contributed by atoms with Crippen LogP contribution in [-0.4, -0.2) is 38.8 Å². The Morgan fingerprint density at radius 1 is 1.10 bits per heavy atom. The molecule has 2 aromatic heterocycles. The number of alkyl halides is 3. The highest BCUT2D eigenvalue weighted by Crippen LogP contribution is 2.36. The first-order valence-electron chi connectivity index (χ1n) is 11.4. The normalized spacial score (nSPS) is 11.4. The number of carbonyl (C=O) groups is 2. The van der Waals surface area contributed by atoms with E-state index in [9.17, 15) is 22.8 Å². The number of hydrogen-bond donors (Lipinski definition) is 2. The average molecular weight is 582 g/mol. The first kappa shape index (κ1) is 27.9. The maximum absolute atomic E-state index is 13.3. The summed E-state index contributed by atoms with van der Waals surface area (Å²) in [6.45, 7) is 0.219. The molecule has 0 aliphatic rings. The molecule has 0 aliphatic carbocycles. The highest BCUT2D eigenvalue weighted by molar-refractivity contribution is 7.22. The second-order valence-corrected chi connectivity index (χ2v) is 9.58.